The fraction of sp³-hybridized carbons (Fsp3) is 0.606. The minimum Gasteiger partial charge on any atom is -0.300 e. The maximum absolute atomic E-state index is 13.8. The van der Waals surface area contributed by atoms with Crippen LogP contribution in [0, 0.1) is 39.5 Å². The Bertz CT molecular complexity index is 881. The number of benzene rings is 2. The second kappa shape index (κ2) is 11.7. The normalized spacial score (nSPS) is 19.6. The summed E-state index contributed by atoms with van der Waals surface area (Å²) in [4.78, 5) is 13.8. The van der Waals surface area contributed by atoms with Crippen molar-refractivity contribution in [2.75, 3.05) is 0 Å². The quantitative estimate of drug-likeness (QED) is 0.385. The Hall–Kier alpha value is -1.89. The summed E-state index contributed by atoms with van der Waals surface area (Å²) < 4.78 is 0. The van der Waals surface area contributed by atoms with E-state index in [9.17, 15) is 4.79 Å². The second-order valence-corrected chi connectivity index (χ2v) is 11.6. The van der Waals surface area contributed by atoms with Gasteiger partial charge in [-0.25, -0.2) is 0 Å². The number of ketones is 1. The first-order chi connectivity index (χ1) is 16.4. The Kier molecular flexibility index (Phi) is 8.67. The summed E-state index contributed by atoms with van der Waals surface area (Å²) in [7, 11) is 0. The van der Waals surface area contributed by atoms with Crippen molar-refractivity contribution < 1.29 is 4.79 Å². The lowest BCUT2D eigenvalue weighted by molar-refractivity contribution is -0.120. The van der Waals surface area contributed by atoms with E-state index in [1.54, 1.807) is 0 Å². The Balaban J connectivity index is 1.56. The van der Waals surface area contributed by atoms with Gasteiger partial charge in [-0.15, -0.1) is 0 Å². The van der Waals surface area contributed by atoms with Crippen molar-refractivity contribution in [1.29, 1.82) is 0 Å². The van der Waals surface area contributed by atoms with Gasteiger partial charge in [0.15, 0.2) is 0 Å². The zero-order valence-corrected chi connectivity index (χ0v) is 22.2. The summed E-state index contributed by atoms with van der Waals surface area (Å²) in [5.74, 6) is 2.59. The zero-order valence-electron chi connectivity index (χ0n) is 22.2. The van der Waals surface area contributed by atoms with E-state index in [0.29, 0.717) is 29.5 Å². The Morgan fingerprint density at radius 3 is 1.35 bits per heavy atom. The van der Waals surface area contributed by atoms with Gasteiger partial charge in [0.25, 0.3) is 0 Å². The molecule has 2 aromatic rings. The molecule has 0 bridgehead atoms. The number of hydrogen-bond acceptors (Lipinski definition) is 1. The summed E-state index contributed by atoms with van der Waals surface area (Å²) in [6.07, 6.45) is 14.6. The van der Waals surface area contributed by atoms with Gasteiger partial charge in [0.1, 0.15) is 5.78 Å². The van der Waals surface area contributed by atoms with Gasteiger partial charge in [-0.3, -0.25) is 4.79 Å². The topological polar surface area (TPSA) is 17.1 Å². The third-order valence-corrected chi connectivity index (χ3v) is 9.25. The second-order valence-electron chi connectivity index (χ2n) is 11.6. The van der Waals surface area contributed by atoms with Gasteiger partial charge in [0, 0.05) is 12.8 Å². The maximum Gasteiger partial charge on any atom is 0.134 e. The van der Waals surface area contributed by atoms with Crippen LogP contribution in [0.3, 0.4) is 0 Å². The van der Waals surface area contributed by atoms with Crippen molar-refractivity contribution in [3.8, 4) is 0 Å². The third kappa shape index (κ3) is 6.21. The fourth-order valence-electron chi connectivity index (χ4n) is 6.75. The van der Waals surface area contributed by atoms with Crippen LogP contribution in [0.25, 0.3) is 0 Å². The smallest absolute Gasteiger partial charge is 0.134 e. The van der Waals surface area contributed by atoms with Crippen molar-refractivity contribution in [2.24, 2.45) is 11.8 Å². The predicted molar refractivity (Wildman–Crippen MR) is 145 cm³/mol. The predicted octanol–water partition coefficient (Wildman–Crippen LogP) is 9.30. The molecule has 0 N–H and O–H groups in total. The summed E-state index contributed by atoms with van der Waals surface area (Å²) in [6, 6.07) is 13.9. The van der Waals surface area contributed by atoms with Gasteiger partial charge in [0.05, 0.1) is 0 Å². The van der Waals surface area contributed by atoms with E-state index in [1.165, 1.54) is 97.6 Å². The summed E-state index contributed by atoms with van der Waals surface area (Å²) >= 11 is 0. The maximum atomic E-state index is 13.8. The van der Waals surface area contributed by atoms with E-state index in [1.807, 2.05) is 0 Å². The van der Waals surface area contributed by atoms with Crippen LogP contribution in [0.2, 0.25) is 0 Å². The van der Waals surface area contributed by atoms with Crippen molar-refractivity contribution in [2.45, 2.75) is 117 Å². The largest absolute Gasteiger partial charge is 0.300 e. The Morgan fingerprint density at radius 2 is 1.00 bits per heavy atom. The molecule has 2 aliphatic carbocycles. The van der Waals surface area contributed by atoms with Crippen LogP contribution in [0.15, 0.2) is 36.4 Å². The van der Waals surface area contributed by atoms with Crippen molar-refractivity contribution >= 4 is 5.78 Å². The molecule has 0 heterocycles. The molecule has 1 heteroatoms. The molecule has 4 rings (SSSR count). The van der Waals surface area contributed by atoms with E-state index in [-0.39, 0.29) is 0 Å². The molecule has 0 spiro atoms. The highest BCUT2D eigenvalue weighted by Gasteiger charge is 2.31. The average Bonchev–Trinajstić information content (AvgIpc) is 2.86. The van der Waals surface area contributed by atoms with E-state index in [0.717, 1.165) is 12.8 Å². The molecule has 184 valence electrons. The monoisotopic (exact) mass is 458 g/mol. The van der Waals surface area contributed by atoms with Crippen LogP contribution < -0.4 is 0 Å². The number of carbonyl (C=O) groups is 1. The van der Waals surface area contributed by atoms with Crippen molar-refractivity contribution in [1.82, 2.24) is 0 Å². The van der Waals surface area contributed by atoms with Crippen LogP contribution in [-0.2, 0) is 4.79 Å². The van der Waals surface area contributed by atoms with E-state index in [4.69, 9.17) is 0 Å². The first-order valence-electron chi connectivity index (χ1n) is 14.1. The van der Waals surface area contributed by atoms with Gasteiger partial charge in [0.2, 0.25) is 0 Å². The number of aryl methyl sites for hydroxylation is 4. The van der Waals surface area contributed by atoms with E-state index >= 15 is 0 Å². The molecule has 0 radical (unpaired) electrons. The molecule has 0 aromatic heterocycles. The number of carbonyl (C=O) groups excluding carboxylic acids is 1. The minimum absolute atomic E-state index is 0.388. The molecule has 2 aromatic carbocycles. The lowest BCUT2D eigenvalue weighted by Gasteiger charge is -2.33. The highest BCUT2D eigenvalue weighted by molar-refractivity contribution is 5.80. The molecule has 0 aliphatic heterocycles. The van der Waals surface area contributed by atoms with E-state index < -0.39 is 0 Å². The molecule has 0 saturated heterocycles. The van der Waals surface area contributed by atoms with Crippen molar-refractivity contribution in [3.05, 3.63) is 69.8 Å². The van der Waals surface area contributed by atoms with Crippen LogP contribution in [0.5, 0.6) is 0 Å². The molecular formula is C33H46O. The van der Waals surface area contributed by atoms with Gasteiger partial charge >= 0.3 is 0 Å². The molecular weight excluding hydrogens is 412 g/mol. The average molecular weight is 459 g/mol. The number of Topliss-reactive ketones (excluding diaryl/α,β-unsaturated/α-hetero) is 1. The minimum atomic E-state index is 0.388. The summed E-state index contributed by atoms with van der Waals surface area (Å²) in [5, 5.41) is 0. The van der Waals surface area contributed by atoms with Crippen LogP contribution in [0.1, 0.15) is 122 Å². The molecule has 2 atom stereocenters. The summed E-state index contributed by atoms with van der Waals surface area (Å²) in [5.41, 5.74) is 8.24. The van der Waals surface area contributed by atoms with Gasteiger partial charge in [-0.05, 0) is 110 Å². The van der Waals surface area contributed by atoms with Gasteiger partial charge < -0.3 is 0 Å². The molecule has 0 unspecified atom stereocenters. The van der Waals surface area contributed by atoms with Crippen LogP contribution in [-0.4, -0.2) is 5.78 Å². The molecule has 34 heavy (non-hydrogen) atoms. The van der Waals surface area contributed by atoms with Crippen molar-refractivity contribution in [3.63, 3.8) is 0 Å². The first-order valence-corrected chi connectivity index (χ1v) is 14.1. The van der Waals surface area contributed by atoms with Crippen LogP contribution >= 0.6 is 0 Å². The molecule has 0 amide bonds. The zero-order chi connectivity index (χ0) is 24.1. The molecule has 1 nitrogen and oxygen atoms in total. The number of rotatable bonds is 8. The highest BCUT2D eigenvalue weighted by atomic mass is 16.1. The molecule has 2 aliphatic rings. The first kappa shape index (κ1) is 25.2. The number of hydrogen-bond donors (Lipinski definition) is 0. The van der Waals surface area contributed by atoms with E-state index in [2.05, 4.69) is 64.1 Å². The molecule has 2 saturated carbocycles. The Morgan fingerprint density at radius 1 is 0.618 bits per heavy atom. The fourth-order valence-corrected chi connectivity index (χ4v) is 6.75. The summed E-state index contributed by atoms with van der Waals surface area (Å²) in [6.45, 7) is 8.82. The van der Waals surface area contributed by atoms with Gasteiger partial charge in [-0.1, -0.05) is 74.9 Å². The standard InChI is InChI=1S/C33H46O/c1-23-15-17-29(19-25(23)3)32(27-11-7-5-8-12-27)21-31(34)22-33(28-13-9-6-10-14-28)30-18-16-24(2)26(4)20-30/h15-20,27-28,32-33H,5-14,21-22H2,1-4H3/t32-,33-/m1/s1. The lowest BCUT2D eigenvalue weighted by atomic mass is 9.71. The van der Waals surface area contributed by atoms with Crippen LogP contribution in [0.4, 0.5) is 0 Å². The lowest BCUT2D eigenvalue weighted by Crippen LogP contribution is -2.23. The SMILES string of the molecule is Cc1ccc([C@H](CC(=O)C[C@@H](c2ccc(C)c(C)c2)C2CCCCC2)C2CCCCC2)cc1C. The highest BCUT2D eigenvalue weighted by Crippen LogP contribution is 2.42. The molecule has 2 fully saturated rings. The third-order valence-electron chi connectivity index (χ3n) is 9.25. The van der Waals surface area contributed by atoms with Gasteiger partial charge in [-0.2, -0.15) is 0 Å². The Labute approximate surface area is 208 Å².